The molecule has 0 N–H and O–H groups in total. The number of halogens is 4. The van der Waals surface area contributed by atoms with Gasteiger partial charge < -0.3 is 9.64 Å². The fraction of sp³-hybridized carbons (Fsp3) is 0.550. The fourth-order valence-corrected chi connectivity index (χ4v) is 5.66. The van der Waals surface area contributed by atoms with Crippen molar-refractivity contribution >= 4 is 22.2 Å². The van der Waals surface area contributed by atoms with Gasteiger partial charge >= 0.3 is 6.18 Å². The molecule has 3 aromatic rings. The highest BCUT2D eigenvalue weighted by atomic mass is 32.1. The second kappa shape index (κ2) is 7.61. The van der Waals surface area contributed by atoms with E-state index in [1.807, 2.05) is 6.92 Å². The minimum absolute atomic E-state index is 0.102. The van der Waals surface area contributed by atoms with Crippen LogP contribution in [0.1, 0.15) is 24.4 Å². The molecular formula is C20H21F4N5OS. The molecule has 0 radical (unpaired) electrons. The van der Waals surface area contributed by atoms with Gasteiger partial charge in [0.1, 0.15) is 10.8 Å². The van der Waals surface area contributed by atoms with Crippen molar-refractivity contribution in [1.82, 2.24) is 19.0 Å². The van der Waals surface area contributed by atoms with Gasteiger partial charge in [-0.05, 0) is 55.1 Å². The molecule has 2 bridgehead atoms. The van der Waals surface area contributed by atoms with Crippen molar-refractivity contribution in [3.63, 3.8) is 0 Å². The van der Waals surface area contributed by atoms with Crippen molar-refractivity contribution in [2.24, 2.45) is 17.8 Å². The number of pyridine rings is 1. The number of ether oxygens (including phenoxy) is 1. The zero-order chi connectivity index (χ0) is 21.8. The lowest BCUT2D eigenvalue weighted by molar-refractivity contribution is -0.153. The molecule has 5 rings (SSSR count). The minimum Gasteiger partial charge on any atom is -0.480 e. The van der Waals surface area contributed by atoms with Crippen LogP contribution < -0.4 is 9.64 Å². The first-order chi connectivity index (χ1) is 14.7. The number of fused-ring (bicyclic) bond motifs is 3. The van der Waals surface area contributed by atoms with Gasteiger partial charge in [0.25, 0.3) is 0 Å². The predicted molar refractivity (Wildman–Crippen MR) is 107 cm³/mol. The number of alkyl halides is 3. The minimum atomic E-state index is -4.52. The van der Waals surface area contributed by atoms with Gasteiger partial charge in [0, 0.05) is 25.6 Å². The van der Waals surface area contributed by atoms with E-state index in [2.05, 4.69) is 25.4 Å². The molecule has 0 aromatic carbocycles. The summed E-state index contributed by atoms with van der Waals surface area (Å²) in [6.07, 6.45) is -0.532. The van der Waals surface area contributed by atoms with Crippen LogP contribution in [0.15, 0.2) is 18.3 Å². The van der Waals surface area contributed by atoms with Crippen LogP contribution in [0.5, 0.6) is 5.75 Å². The second-order valence-electron chi connectivity index (χ2n) is 8.40. The number of aromatic nitrogens is 4. The summed E-state index contributed by atoms with van der Waals surface area (Å²) >= 11 is 1.52. The van der Waals surface area contributed by atoms with Gasteiger partial charge in [-0.2, -0.15) is 22.6 Å². The van der Waals surface area contributed by atoms with E-state index in [4.69, 9.17) is 4.74 Å². The highest BCUT2D eigenvalue weighted by molar-refractivity contribution is 7.10. The number of hydrogen-bond donors (Lipinski definition) is 0. The van der Waals surface area contributed by atoms with Gasteiger partial charge in [-0.1, -0.05) is 0 Å². The average molecular weight is 455 g/mol. The Morgan fingerprint density at radius 1 is 1.19 bits per heavy atom. The molecule has 2 aliphatic rings. The van der Waals surface area contributed by atoms with Crippen LogP contribution in [-0.4, -0.2) is 44.8 Å². The molecule has 2 fully saturated rings. The van der Waals surface area contributed by atoms with Gasteiger partial charge in [0.05, 0.1) is 11.9 Å². The number of nitrogens with zero attached hydrogens (tertiary/aromatic N) is 5. The van der Waals surface area contributed by atoms with E-state index in [9.17, 15) is 17.6 Å². The molecule has 31 heavy (non-hydrogen) atoms. The molecular weight excluding hydrogens is 434 g/mol. The molecule has 6 nitrogen and oxygen atoms in total. The lowest BCUT2D eigenvalue weighted by atomic mass is 9.82. The maximum Gasteiger partial charge on any atom is 0.422 e. The van der Waals surface area contributed by atoms with Gasteiger partial charge in [0.15, 0.2) is 23.8 Å². The first-order valence-corrected chi connectivity index (χ1v) is 10.9. The molecule has 1 aliphatic carbocycles. The fourth-order valence-electron chi connectivity index (χ4n) is 4.88. The Morgan fingerprint density at radius 2 is 1.94 bits per heavy atom. The zero-order valence-corrected chi connectivity index (χ0v) is 17.6. The van der Waals surface area contributed by atoms with Crippen molar-refractivity contribution in [2.45, 2.75) is 32.4 Å². The average Bonchev–Trinajstić information content (AvgIpc) is 3.35. The van der Waals surface area contributed by atoms with Crippen LogP contribution >= 0.6 is 11.5 Å². The Morgan fingerprint density at radius 3 is 2.58 bits per heavy atom. The van der Waals surface area contributed by atoms with Gasteiger partial charge in [-0.3, -0.25) is 0 Å². The first kappa shape index (κ1) is 20.5. The third kappa shape index (κ3) is 4.19. The molecule has 166 valence electrons. The summed E-state index contributed by atoms with van der Waals surface area (Å²) in [7, 11) is 0. The van der Waals surface area contributed by atoms with Gasteiger partial charge in [-0.15, -0.1) is 0 Å². The van der Waals surface area contributed by atoms with Crippen LogP contribution in [0.2, 0.25) is 0 Å². The third-order valence-electron chi connectivity index (χ3n) is 6.18. The third-order valence-corrected chi connectivity index (χ3v) is 7.12. The summed E-state index contributed by atoms with van der Waals surface area (Å²) < 4.78 is 61.8. The second-order valence-corrected chi connectivity index (χ2v) is 9.18. The predicted octanol–water partition coefficient (Wildman–Crippen LogP) is 4.28. The number of hydrogen-bond acceptors (Lipinski definition) is 6. The van der Waals surface area contributed by atoms with Crippen LogP contribution in [0.4, 0.5) is 22.6 Å². The Labute approximate surface area is 180 Å². The summed E-state index contributed by atoms with van der Waals surface area (Å²) in [6.45, 7) is 2.38. The topological polar surface area (TPSA) is 55.6 Å². The van der Waals surface area contributed by atoms with E-state index in [-0.39, 0.29) is 11.4 Å². The van der Waals surface area contributed by atoms with Crippen LogP contribution in [0, 0.1) is 30.5 Å². The molecule has 11 heteroatoms. The number of piperidine rings is 1. The van der Waals surface area contributed by atoms with E-state index in [1.54, 1.807) is 0 Å². The standard InChI is InChI=1S/C20H21F4N5OS/c1-11-4-18(31-27-11)28-7-12-2-3-13(8-28)15(12)6-17-25-19-16(30-10-20(22,23)24)5-14(21)9-29(19)26-17/h4-5,9,12-13,15H,2-3,6-8,10H2,1H3/t12-,13+,15?. The van der Waals surface area contributed by atoms with Crippen molar-refractivity contribution < 1.29 is 22.3 Å². The monoisotopic (exact) mass is 455 g/mol. The quantitative estimate of drug-likeness (QED) is 0.538. The first-order valence-electron chi connectivity index (χ1n) is 10.2. The largest absolute Gasteiger partial charge is 0.480 e. The molecule has 3 atom stereocenters. The Kier molecular flexibility index (Phi) is 5.03. The van der Waals surface area contributed by atoms with Crippen molar-refractivity contribution in [2.75, 3.05) is 24.6 Å². The van der Waals surface area contributed by atoms with Crippen LogP contribution in [0.25, 0.3) is 5.65 Å². The van der Waals surface area contributed by atoms with Crippen LogP contribution in [0.3, 0.4) is 0 Å². The van der Waals surface area contributed by atoms with E-state index in [0.717, 1.165) is 43.9 Å². The van der Waals surface area contributed by atoms with E-state index < -0.39 is 18.6 Å². The Hall–Kier alpha value is -2.43. The van der Waals surface area contributed by atoms with Crippen LogP contribution in [-0.2, 0) is 6.42 Å². The maximum absolute atomic E-state index is 13.9. The maximum atomic E-state index is 13.9. The number of anilines is 1. The lowest BCUT2D eigenvalue weighted by Gasteiger charge is -2.38. The molecule has 1 saturated carbocycles. The summed E-state index contributed by atoms with van der Waals surface area (Å²) in [5, 5.41) is 5.53. The Balaban J connectivity index is 1.34. The number of aryl methyl sites for hydroxylation is 1. The normalized spacial score (nSPS) is 23.6. The van der Waals surface area contributed by atoms with E-state index >= 15 is 0 Å². The molecule has 1 aliphatic heterocycles. The highest BCUT2D eigenvalue weighted by Crippen LogP contribution is 2.45. The summed E-state index contributed by atoms with van der Waals surface area (Å²) in [5.74, 6) is 0.901. The Bertz CT molecular complexity index is 1080. The molecule has 0 amide bonds. The summed E-state index contributed by atoms with van der Waals surface area (Å²) in [5.41, 5.74) is 1.13. The van der Waals surface area contributed by atoms with Crippen molar-refractivity contribution in [3.05, 3.63) is 35.7 Å². The summed E-state index contributed by atoms with van der Waals surface area (Å²) in [4.78, 5) is 6.80. The van der Waals surface area contributed by atoms with Crippen molar-refractivity contribution in [3.8, 4) is 5.75 Å². The lowest BCUT2D eigenvalue weighted by Crippen LogP contribution is -2.42. The van der Waals surface area contributed by atoms with Crippen molar-refractivity contribution in [1.29, 1.82) is 0 Å². The zero-order valence-electron chi connectivity index (χ0n) is 16.8. The molecule has 0 spiro atoms. The smallest absolute Gasteiger partial charge is 0.422 e. The molecule has 4 heterocycles. The molecule has 1 saturated heterocycles. The van der Waals surface area contributed by atoms with Gasteiger partial charge in [0.2, 0.25) is 0 Å². The van der Waals surface area contributed by atoms with Gasteiger partial charge in [-0.25, -0.2) is 13.9 Å². The highest BCUT2D eigenvalue weighted by Gasteiger charge is 2.42. The SMILES string of the molecule is Cc1cc(N2C[C@H]3CC[C@@H](C2)C3Cc2nc3c(OCC(F)(F)F)cc(F)cn3n2)sn1. The molecule has 1 unspecified atom stereocenters. The van der Waals surface area contributed by atoms with E-state index in [1.165, 1.54) is 21.0 Å². The number of rotatable bonds is 5. The molecule has 3 aromatic heterocycles. The summed E-state index contributed by atoms with van der Waals surface area (Å²) in [6, 6.07) is 3.03. The van der Waals surface area contributed by atoms with E-state index in [0.29, 0.717) is 30.0 Å².